The number of carbonyl (C=O) groups excluding carboxylic acids is 1. The molecule has 0 bridgehead atoms. The molecule has 0 saturated carbocycles. The lowest BCUT2D eigenvalue weighted by Gasteiger charge is -2.27. The van der Waals surface area contributed by atoms with Crippen LogP contribution < -0.4 is 5.73 Å². The van der Waals surface area contributed by atoms with Gasteiger partial charge in [0.15, 0.2) is 5.54 Å². The Labute approximate surface area is 113 Å². The number of nitrogens with two attached hydrogens (primary N) is 1. The number of ether oxygens (including phenoxy) is 1. The maximum atomic E-state index is 12.1. The van der Waals surface area contributed by atoms with E-state index in [0.29, 0.717) is 5.82 Å². The van der Waals surface area contributed by atoms with Gasteiger partial charge in [-0.3, -0.25) is 0 Å². The molecule has 1 unspecified atom stereocenters. The number of terminal acetylenes is 1. The van der Waals surface area contributed by atoms with Crippen molar-refractivity contribution in [2.24, 2.45) is 5.73 Å². The molecular weight excluding hydrogens is 242 g/mol. The number of imidazole rings is 1. The summed E-state index contributed by atoms with van der Waals surface area (Å²) in [5, 5.41) is 0. The van der Waals surface area contributed by atoms with Crippen LogP contribution in [0.1, 0.15) is 39.2 Å². The first-order chi connectivity index (χ1) is 8.70. The number of nitrogens with one attached hydrogen (secondary N) is 1. The summed E-state index contributed by atoms with van der Waals surface area (Å²) >= 11 is 0. The molecule has 5 nitrogen and oxygen atoms in total. The molecule has 19 heavy (non-hydrogen) atoms. The molecule has 104 valence electrons. The first-order valence-electron chi connectivity index (χ1n) is 6.23. The normalized spacial score (nSPS) is 14.5. The van der Waals surface area contributed by atoms with E-state index in [4.69, 9.17) is 16.9 Å². The highest BCUT2D eigenvalue weighted by molar-refractivity contribution is 5.85. The summed E-state index contributed by atoms with van der Waals surface area (Å²) in [6.45, 7) is 7.31. The second-order valence-corrected chi connectivity index (χ2v) is 5.50. The molecule has 0 aromatic carbocycles. The number of rotatable bonds is 4. The van der Waals surface area contributed by atoms with E-state index in [9.17, 15) is 4.79 Å². The van der Waals surface area contributed by atoms with Crippen LogP contribution in [-0.2, 0) is 22.4 Å². The summed E-state index contributed by atoms with van der Waals surface area (Å²) in [5.74, 6) is 2.29. The molecular formula is C14H21N3O2. The Bertz CT molecular complexity index is 494. The van der Waals surface area contributed by atoms with Crippen molar-refractivity contribution in [1.29, 1.82) is 0 Å². The maximum Gasteiger partial charge on any atom is 0.339 e. The fourth-order valence-corrected chi connectivity index (χ4v) is 1.49. The van der Waals surface area contributed by atoms with Crippen LogP contribution in [0.25, 0.3) is 0 Å². The first-order valence-corrected chi connectivity index (χ1v) is 6.23. The van der Waals surface area contributed by atoms with Gasteiger partial charge in [0.2, 0.25) is 0 Å². The van der Waals surface area contributed by atoms with Gasteiger partial charge in [-0.2, -0.15) is 0 Å². The van der Waals surface area contributed by atoms with Crippen LogP contribution in [0.3, 0.4) is 0 Å². The van der Waals surface area contributed by atoms with Crippen LogP contribution in [0.4, 0.5) is 0 Å². The molecule has 0 aliphatic heterocycles. The predicted molar refractivity (Wildman–Crippen MR) is 73.3 cm³/mol. The Hall–Kier alpha value is -1.80. The highest BCUT2D eigenvalue weighted by Crippen LogP contribution is 2.16. The number of nitrogens with zero attached hydrogens (tertiary/aromatic N) is 1. The highest BCUT2D eigenvalue weighted by Gasteiger charge is 2.37. The van der Waals surface area contributed by atoms with Crippen molar-refractivity contribution in [3.05, 3.63) is 17.7 Å². The largest absolute Gasteiger partial charge is 0.458 e. The van der Waals surface area contributed by atoms with Crippen molar-refractivity contribution in [3.8, 4) is 12.3 Å². The molecule has 0 saturated heterocycles. The molecule has 0 amide bonds. The van der Waals surface area contributed by atoms with E-state index in [1.807, 2.05) is 6.92 Å². The lowest BCUT2D eigenvalue weighted by atomic mass is 9.97. The molecule has 0 spiro atoms. The van der Waals surface area contributed by atoms with Crippen molar-refractivity contribution >= 4 is 5.97 Å². The standard InChI is InChI=1S/C14H21N3O2/c1-6-10-9-16-11(17-10)8-14(15,7-2)12(18)19-13(3,4)5/h2,9H,6,8,15H2,1,3-5H3,(H,16,17). The van der Waals surface area contributed by atoms with Crippen LogP contribution in [-0.4, -0.2) is 27.1 Å². The minimum Gasteiger partial charge on any atom is -0.458 e. The molecule has 1 aromatic rings. The van der Waals surface area contributed by atoms with Crippen LogP contribution in [0.5, 0.6) is 0 Å². The summed E-state index contributed by atoms with van der Waals surface area (Å²) in [4.78, 5) is 19.3. The summed E-state index contributed by atoms with van der Waals surface area (Å²) in [5.41, 5.74) is 4.80. The highest BCUT2D eigenvalue weighted by atomic mass is 16.6. The Morgan fingerprint density at radius 1 is 1.58 bits per heavy atom. The van der Waals surface area contributed by atoms with Gasteiger partial charge in [-0.05, 0) is 27.2 Å². The van der Waals surface area contributed by atoms with Gasteiger partial charge >= 0.3 is 5.97 Å². The summed E-state index contributed by atoms with van der Waals surface area (Å²) in [6.07, 6.45) is 8.06. The minimum absolute atomic E-state index is 0.123. The Kier molecular flexibility index (Phi) is 4.38. The van der Waals surface area contributed by atoms with Gasteiger partial charge < -0.3 is 15.5 Å². The summed E-state index contributed by atoms with van der Waals surface area (Å²) < 4.78 is 5.25. The van der Waals surface area contributed by atoms with E-state index in [0.717, 1.165) is 12.1 Å². The Morgan fingerprint density at radius 3 is 2.63 bits per heavy atom. The summed E-state index contributed by atoms with van der Waals surface area (Å²) in [6, 6.07) is 0. The zero-order chi connectivity index (χ0) is 14.7. The molecule has 0 radical (unpaired) electrons. The molecule has 1 aromatic heterocycles. The van der Waals surface area contributed by atoms with Crippen LogP contribution in [0.2, 0.25) is 0 Å². The van der Waals surface area contributed by atoms with Crippen molar-refractivity contribution in [1.82, 2.24) is 9.97 Å². The first kappa shape index (κ1) is 15.3. The van der Waals surface area contributed by atoms with Gasteiger partial charge in [-0.15, -0.1) is 6.42 Å². The SMILES string of the molecule is C#CC(N)(Cc1ncc(CC)[nH]1)C(=O)OC(C)(C)C. The molecule has 1 atom stereocenters. The van der Waals surface area contributed by atoms with E-state index in [-0.39, 0.29) is 6.42 Å². The van der Waals surface area contributed by atoms with Gasteiger partial charge in [0, 0.05) is 18.3 Å². The van der Waals surface area contributed by atoms with Crippen LogP contribution >= 0.6 is 0 Å². The van der Waals surface area contributed by atoms with Crippen LogP contribution in [0.15, 0.2) is 6.20 Å². The number of H-pyrrole nitrogens is 1. The fraction of sp³-hybridized carbons (Fsp3) is 0.571. The zero-order valence-electron chi connectivity index (χ0n) is 11.9. The number of hydrogen-bond donors (Lipinski definition) is 2. The van der Waals surface area contributed by atoms with Crippen molar-refractivity contribution in [3.63, 3.8) is 0 Å². The lowest BCUT2D eigenvalue weighted by molar-refractivity contribution is -0.159. The average Bonchev–Trinajstić information content (AvgIpc) is 2.74. The van der Waals surface area contributed by atoms with Crippen molar-refractivity contribution < 1.29 is 9.53 Å². The third-order valence-corrected chi connectivity index (χ3v) is 2.53. The van der Waals surface area contributed by atoms with E-state index in [2.05, 4.69) is 15.9 Å². The van der Waals surface area contributed by atoms with E-state index in [1.54, 1.807) is 27.0 Å². The molecule has 0 fully saturated rings. The van der Waals surface area contributed by atoms with E-state index in [1.165, 1.54) is 0 Å². The van der Waals surface area contributed by atoms with Gasteiger partial charge in [-0.1, -0.05) is 12.8 Å². The fourth-order valence-electron chi connectivity index (χ4n) is 1.49. The predicted octanol–water partition coefficient (Wildman–Crippen LogP) is 1.19. The number of aryl methyl sites for hydroxylation is 1. The number of aromatic amines is 1. The second-order valence-electron chi connectivity index (χ2n) is 5.50. The maximum absolute atomic E-state index is 12.1. The summed E-state index contributed by atoms with van der Waals surface area (Å²) in [7, 11) is 0. The van der Waals surface area contributed by atoms with Crippen LogP contribution in [0, 0.1) is 12.3 Å². The Balaban J connectivity index is 2.86. The van der Waals surface area contributed by atoms with Gasteiger partial charge in [-0.25, -0.2) is 9.78 Å². The number of esters is 1. The molecule has 0 aliphatic carbocycles. The number of carbonyl (C=O) groups is 1. The average molecular weight is 263 g/mol. The third kappa shape index (κ3) is 4.11. The topological polar surface area (TPSA) is 81.0 Å². The van der Waals surface area contributed by atoms with Crippen molar-refractivity contribution in [2.45, 2.75) is 51.7 Å². The van der Waals surface area contributed by atoms with E-state index < -0.39 is 17.1 Å². The monoisotopic (exact) mass is 263 g/mol. The third-order valence-electron chi connectivity index (χ3n) is 2.53. The lowest BCUT2D eigenvalue weighted by Crippen LogP contribution is -2.51. The zero-order valence-corrected chi connectivity index (χ0v) is 11.9. The molecule has 0 aliphatic rings. The van der Waals surface area contributed by atoms with Gasteiger partial charge in [0.05, 0.1) is 0 Å². The second kappa shape index (κ2) is 5.45. The Morgan fingerprint density at radius 2 is 2.21 bits per heavy atom. The minimum atomic E-state index is -1.50. The molecule has 1 heterocycles. The molecule has 5 heteroatoms. The van der Waals surface area contributed by atoms with E-state index >= 15 is 0 Å². The quantitative estimate of drug-likeness (QED) is 0.631. The molecule has 3 N–H and O–H groups in total. The van der Waals surface area contributed by atoms with Crippen molar-refractivity contribution in [2.75, 3.05) is 0 Å². The van der Waals surface area contributed by atoms with Gasteiger partial charge in [0.25, 0.3) is 0 Å². The smallest absolute Gasteiger partial charge is 0.339 e. The van der Waals surface area contributed by atoms with Gasteiger partial charge in [0.1, 0.15) is 11.4 Å². The number of aromatic nitrogens is 2. The molecule has 1 rings (SSSR count). The number of hydrogen-bond acceptors (Lipinski definition) is 4.